The van der Waals surface area contributed by atoms with Crippen molar-refractivity contribution in [1.29, 1.82) is 0 Å². The van der Waals surface area contributed by atoms with Gasteiger partial charge in [-0.2, -0.15) is 11.3 Å². The molecule has 132 valence electrons. The van der Waals surface area contributed by atoms with Crippen LogP contribution >= 0.6 is 11.3 Å². The molecule has 0 radical (unpaired) electrons. The van der Waals surface area contributed by atoms with Crippen molar-refractivity contribution in [2.45, 2.75) is 0 Å². The van der Waals surface area contributed by atoms with Gasteiger partial charge in [0.05, 0.1) is 13.2 Å². The summed E-state index contributed by atoms with van der Waals surface area (Å²) in [6.07, 6.45) is 0. The summed E-state index contributed by atoms with van der Waals surface area (Å²) in [5, 5.41) is 10.3. The molecule has 7 nitrogen and oxygen atoms in total. The van der Waals surface area contributed by atoms with E-state index in [4.69, 9.17) is 15.3 Å². The van der Waals surface area contributed by atoms with E-state index < -0.39 is 0 Å². The first-order valence-corrected chi connectivity index (χ1v) is 8.87. The molecule has 3 rings (SSSR count). The second kappa shape index (κ2) is 8.50. The van der Waals surface area contributed by atoms with E-state index in [2.05, 4.69) is 15.4 Å². The Labute approximate surface area is 150 Å². The number of nitrogens with zero attached hydrogens (tertiary/aromatic N) is 2. The van der Waals surface area contributed by atoms with Crippen molar-refractivity contribution in [3.05, 3.63) is 46.7 Å². The third-order valence-electron chi connectivity index (χ3n) is 3.70. The smallest absolute Gasteiger partial charge is 0.265 e. The third kappa shape index (κ3) is 4.94. The highest BCUT2D eigenvalue weighted by atomic mass is 32.1. The fourth-order valence-corrected chi connectivity index (χ4v) is 3.05. The van der Waals surface area contributed by atoms with Gasteiger partial charge in [0, 0.05) is 35.4 Å². The van der Waals surface area contributed by atoms with E-state index in [1.807, 2.05) is 41.1 Å². The largest absolute Gasteiger partial charge is 0.384 e. The molecule has 8 heteroatoms. The van der Waals surface area contributed by atoms with E-state index >= 15 is 0 Å². The average molecular weight is 360 g/mol. The number of morpholine rings is 1. The lowest BCUT2D eigenvalue weighted by Crippen LogP contribution is -2.36. The standard InChI is InChI=1S/C17H20N4O3S/c18-17(13-5-10-25-12-13)20-24-11-16(22)19-14-1-3-15(4-2-14)21-6-8-23-9-7-21/h1-5,10,12H,6-9,11H2,(H2,18,20)(H,19,22). The van der Waals surface area contributed by atoms with Gasteiger partial charge in [-0.3, -0.25) is 4.79 Å². The number of nitrogens with one attached hydrogen (secondary N) is 1. The maximum Gasteiger partial charge on any atom is 0.265 e. The minimum atomic E-state index is -0.291. The molecular formula is C17H20N4O3S. The summed E-state index contributed by atoms with van der Waals surface area (Å²) in [6.45, 7) is 3.04. The molecule has 25 heavy (non-hydrogen) atoms. The molecule has 3 N–H and O–H groups in total. The van der Waals surface area contributed by atoms with E-state index in [-0.39, 0.29) is 18.3 Å². The Hall–Kier alpha value is -2.58. The Bertz CT molecular complexity index is 710. The van der Waals surface area contributed by atoms with Crippen molar-refractivity contribution in [1.82, 2.24) is 0 Å². The van der Waals surface area contributed by atoms with Gasteiger partial charge in [-0.15, -0.1) is 0 Å². The Morgan fingerprint density at radius 2 is 2.04 bits per heavy atom. The molecule has 1 aromatic carbocycles. The van der Waals surface area contributed by atoms with Crippen LogP contribution in [0.5, 0.6) is 0 Å². The predicted octanol–water partition coefficient (Wildman–Crippen LogP) is 1.86. The van der Waals surface area contributed by atoms with Crippen LogP contribution in [0.2, 0.25) is 0 Å². The van der Waals surface area contributed by atoms with Crippen LogP contribution in [-0.2, 0) is 14.4 Å². The topological polar surface area (TPSA) is 89.2 Å². The fourth-order valence-electron chi connectivity index (χ4n) is 2.40. The summed E-state index contributed by atoms with van der Waals surface area (Å²) in [5.41, 5.74) is 8.36. The molecule has 1 amide bonds. The number of hydrogen-bond acceptors (Lipinski definition) is 6. The number of nitrogens with two attached hydrogens (primary N) is 1. The zero-order chi connectivity index (χ0) is 17.5. The number of benzene rings is 1. The Morgan fingerprint density at radius 1 is 1.28 bits per heavy atom. The third-order valence-corrected chi connectivity index (χ3v) is 4.39. The summed E-state index contributed by atoms with van der Waals surface area (Å²) in [6, 6.07) is 9.53. The quantitative estimate of drug-likeness (QED) is 0.466. The van der Waals surface area contributed by atoms with Gasteiger partial charge in [-0.25, -0.2) is 0 Å². The van der Waals surface area contributed by atoms with Crippen LogP contribution in [0, 0.1) is 0 Å². The zero-order valence-corrected chi connectivity index (χ0v) is 14.5. The van der Waals surface area contributed by atoms with Gasteiger partial charge < -0.3 is 25.5 Å². The van der Waals surface area contributed by atoms with Crippen molar-refractivity contribution < 1.29 is 14.4 Å². The highest BCUT2D eigenvalue weighted by Gasteiger charge is 2.11. The van der Waals surface area contributed by atoms with Gasteiger partial charge >= 0.3 is 0 Å². The van der Waals surface area contributed by atoms with Crippen LogP contribution in [0.3, 0.4) is 0 Å². The van der Waals surface area contributed by atoms with Gasteiger partial charge in [0.15, 0.2) is 12.4 Å². The molecule has 0 atom stereocenters. The molecule has 1 saturated heterocycles. The molecule has 0 saturated carbocycles. The van der Waals surface area contributed by atoms with E-state index in [0.29, 0.717) is 5.69 Å². The number of carbonyl (C=O) groups is 1. The normalized spacial score (nSPS) is 15.0. The van der Waals surface area contributed by atoms with E-state index in [1.165, 1.54) is 11.3 Å². The number of oxime groups is 1. The lowest BCUT2D eigenvalue weighted by Gasteiger charge is -2.28. The Balaban J connectivity index is 1.47. The van der Waals surface area contributed by atoms with Gasteiger partial charge in [-0.05, 0) is 35.7 Å². The highest BCUT2D eigenvalue weighted by Crippen LogP contribution is 2.19. The summed E-state index contributed by atoms with van der Waals surface area (Å²) in [4.78, 5) is 19.2. The van der Waals surface area contributed by atoms with Crippen molar-refractivity contribution in [3.8, 4) is 0 Å². The molecule has 2 heterocycles. The number of thiophene rings is 1. The molecule has 2 aromatic rings. The number of amidine groups is 1. The number of amides is 1. The molecule has 0 spiro atoms. The minimum Gasteiger partial charge on any atom is -0.384 e. The van der Waals surface area contributed by atoms with Crippen molar-refractivity contribution in [2.75, 3.05) is 43.1 Å². The molecule has 1 aliphatic rings. The SMILES string of the molecule is N/C(=N/OCC(=O)Nc1ccc(N2CCOCC2)cc1)c1ccsc1. The fraction of sp³-hybridized carbons (Fsp3) is 0.294. The number of carbonyl (C=O) groups excluding carboxylic acids is 1. The zero-order valence-electron chi connectivity index (χ0n) is 13.7. The molecular weight excluding hydrogens is 340 g/mol. The van der Waals surface area contributed by atoms with Crippen LogP contribution in [0.1, 0.15) is 5.56 Å². The summed E-state index contributed by atoms with van der Waals surface area (Å²) < 4.78 is 5.34. The lowest BCUT2D eigenvalue weighted by molar-refractivity contribution is -0.120. The van der Waals surface area contributed by atoms with Gasteiger partial charge in [0.25, 0.3) is 5.91 Å². The molecule has 0 bridgehead atoms. The first kappa shape index (κ1) is 17.2. The van der Waals surface area contributed by atoms with Crippen molar-refractivity contribution in [2.24, 2.45) is 10.9 Å². The minimum absolute atomic E-state index is 0.198. The molecule has 1 aliphatic heterocycles. The molecule has 1 fully saturated rings. The number of rotatable bonds is 6. The van der Waals surface area contributed by atoms with E-state index in [9.17, 15) is 4.79 Å². The Kier molecular flexibility index (Phi) is 5.86. The van der Waals surface area contributed by atoms with Crippen LogP contribution < -0.4 is 16.0 Å². The number of anilines is 2. The first-order chi connectivity index (χ1) is 12.2. The highest BCUT2D eigenvalue weighted by molar-refractivity contribution is 7.08. The maximum atomic E-state index is 11.9. The lowest BCUT2D eigenvalue weighted by atomic mass is 10.2. The first-order valence-electron chi connectivity index (χ1n) is 7.93. The summed E-state index contributed by atoms with van der Waals surface area (Å²) >= 11 is 1.51. The molecule has 0 aliphatic carbocycles. The van der Waals surface area contributed by atoms with Gasteiger partial charge in [0.1, 0.15) is 0 Å². The maximum absolute atomic E-state index is 11.9. The van der Waals surface area contributed by atoms with Crippen molar-refractivity contribution >= 4 is 34.5 Å². The average Bonchev–Trinajstić information content (AvgIpc) is 3.18. The summed E-state index contributed by atoms with van der Waals surface area (Å²) in [5.74, 6) is -0.0371. The molecule has 0 unspecified atom stereocenters. The molecule has 1 aromatic heterocycles. The van der Waals surface area contributed by atoms with E-state index in [1.54, 1.807) is 0 Å². The van der Waals surface area contributed by atoms with Gasteiger partial charge in [0.2, 0.25) is 0 Å². The number of hydrogen-bond donors (Lipinski definition) is 2. The summed E-state index contributed by atoms with van der Waals surface area (Å²) in [7, 11) is 0. The Morgan fingerprint density at radius 3 is 2.72 bits per heavy atom. The van der Waals surface area contributed by atoms with Crippen LogP contribution in [0.4, 0.5) is 11.4 Å². The van der Waals surface area contributed by atoms with Crippen LogP contribution in [0.15, 0.2) is 46.2 Å². The predicted molar refractivity (Wildman–Crippen MR) is 99.1 cm³/mol. The monoisotopic (exact) mass is 360 g/mol. The van der Waals surface area contributed by atoms with Gasteiger partial charge in [-0.1, -0.05) is 5.16 Å². The van der Waals surface area contributed by atoms with E-state index in [0.717, 1.165) is 37.6 Å². The number of ether oxygens (including phenoxy) is 1. The second-order valence-corrected chi connectivity index (χ2v) is 6.24. The van der Waals surface area contributed by atoms with Crippen LogP contribution in [-0.4, -0.2) is 44.7 Å². The second-order valence-electron chi connectivity index (χ2n) is 5.46. The van der Waals surface area contributed by atoms with Crippen LogP contribution in [0.25, 0.3) is 0 Å². The van der Waals surface area contributed by atoms with Crippen molar-refractivity contribution in [3.63, 3.8) is 0 Å².